The molecule has 120 valence electrons. The Morgan fingerprint density at radius 2 is 2.17 bits per heavy atom. The SMILES string of the molecule is O=C(O)CC1(NC(=O)c2n[nH]c3ccc([N+](=O)[O-])cc23)CCC1. The molecule has 0 bridgehead atoms. The number of fused-ring (bicyclic) bond motifs is 1. The highest BCUT2D eigenvalue weighted by Gasteiger charge is 2.41. The number of nitro groups is 1. The van der Waals surface area contributed by atoms with Gasteiger partial charge in [0.2, 0.25) is 0 Å². The highest BCUT2D eigenvalue weighted by molar-refractivity contribution is 6.05. The fourth-order valence-electron chi connectivity index (χ4n) is 2.83. The first-order valence-electron chi connectivity index (χ1n) is 7.07. The second kappa shape index (κ2) is 5.34. The van der Waals surface area contributed by atoms with E-state index in [4.69, 9.17) is 5.11 Å². The summed E-state index contributed by atoms with van der Waals surface area (Å²) in [6, 6.07) is 4.08. The first kappa shape index (κ1) is 14.9. The number of aromatic amines is 1. The molecule has 2 aromatic rings. The molecule has 1 aliphatic rings. The predicted octanol–water partition coefficient (Wildman–Crippen LogP) is 1.60. The van der Waals surface area contributed by atoms with Crippen molar-refractivity contribution in [2.75, 3.05) is 0 Å². The predicted molar refractivity (Wildman–Crippen MR) is 79.0 cm³/mol. The summed E-state index contributed by atoms with van der Waals surface area (Å²) in [6.45, 7) is 0. The lowest BCUT2D eigenvalue weighted by molar-refractivity contribution is -0.384. The third kappa shape index (κ3) is 2.72. The number of nitro benzene ring substituents is 1. The number of hydrogen-bond acceptors (Lipinski definition) is 5. The molecule has 1 aromatic carbocycles. The minimum atomic E-state index is -0.979. The van der Waals surface area contributed by atoms with Gasteiger partial charge in [0.15, 0.2) is 5.69 Å². The number of H-pyrrole nitrogens is 1. The molecule has 0 radical (unpaired) electrons. The monoisotopic (exact) mass is 318 g/mol. The van der Waals surface area contributed by atoms with E-state index in [9.17, 15) is 19.7 Å². The average molecular weight is 318 g/mol. The molecule has 1 fully saturated rings. The minimum absolute atomic E-state index is 0.0281. The van der Waals surface area contributed by atoms with Crippen LogP contribution >= 0.6 is 0 Å². The van der Waals surface area contributed by atoms with Crippen molar-refractivity contribution < 1.29 is 19.6 Å². The summed E-state index contributed by atoms with van der Waals surface area (Å²) in [5, 5.41) is 29.5. The van der Waals surface area contributed by atoms with Crippen molar-refractivity contribution in [3.63, 3.8) is 0 Å². The Labute approximate surface area is 129 Å². The maximum absolute atomic E-state index is 12.4. The van der Waals surface area contributed by atoms with Crippen molar-refractivity contribution in [2.45, 2.75) is 31.2 Å². The fourth-order valence-corrected chi connectivity index (χ4v) is 2.83. The third-order valence-corrected chi connectivity index (χ3v) is 4.15. The highest BCUT2D eigenvalue weighted by Crippen LogP contribution is 2.35. The second-order valence-electron chi connectivity index (χ2n) is 5.72. The zero-order chi connectivity index (χ0) is 16.6. The largest absolute Gasteiger partial charge is 0.481 e. The van der Waals surface area contributed by atoms with Crippen molar-refractivity contribution in [3.05, 3.63) is 34.0 Å². The number of carbonyl (C=O) groups excluding carboxylic acids is 1. The molecule has 3 N–H and O–H groups in total. The minimum Gasteiger partial charge on any atom is -0.481 e. The van der Waals surface area contributed by atoms with Gasteiger partial charge in [-0.05, 0) is 25.3 Å². The number of aromatic nitrogens is 2. The fraction of sp³-hybridized carbons (Fsp3) is 0.357. The lowest BCUT2D eigenvalue weighted by atomic mass is 9.74. The molecule has 0 atom stereocenters. The number of carboxylic acids is 1. The van der Waals surface area contributed by atoms with Crippen LogP contribution in [0.25, 0.3) is 10.9 Å². The lowest BCUT2D eigenvalue weighted by Gasteiger charge is -2.41. The maximum atomic E-state index is 12.4. The van der Waals surface area contributed by atoms with Crippen LogP contribution in [0.1, 0.15) is 36.2 Å². The van der Waals surface area contributed by atoms with Crippen molar-refractivity contribution in [2.24, 2.45) is 0 Å². The molecule has 0 spiro atoms. The lowest BCUT2D eigenvalue weighted by Crippen LogP contribution is -2.54. The second-order valence-corrected chi connectivity index (χ2v) is 5.72. The molecule has 9 nitrogen and oxygen atoms in total. The quantitative estimate of drug-likeness (QED) is 0.565. The van der Waals surface area contributed by atoms with E-state index < -0.39 is 22.3 Å². The number of carbonyl (C=O) groups is 2. The molecular weight excluding hydrogens is 304 g/mol. The Bertz CT molecular complexity index is 809. The van der Waals surface area contributed by atoms with Crippen molar-refractivity contribution in [3.8, 4) is 0 Å². The molecule has 9 heteroatoms. The van der Waals surface area contributed by atoms with Gasteiger partial charge in [0.1, 0.15) is 0 Å². The van der Waals surface area contributed by atoms with E-state index in [1.54, 1.807) is 0 Å². The van der Waals surface area contributed by atoms with Gasteiger partial charge in [0.25, 0.3) is 11.6 Å². The molecule has 0 aliphatic heterocycles. The number of hydrogen-bond donors (Lipinski definition) is 3. The number of nitrogens with one attached hydrogen (secondary N) is 2. The topological polar surface area (TPSA) is 138 Å². The highest BCUT2D eigenvalue weighted by atomic mass is 16.6. The first-order valence-corrected chi connectivity index (χ1v) is 7.07. The van der Waals surface area contributed by atoms with Gasteiger partial charge in [-0.25, -0.2) is 0 Å². The van der Waals surface area contributed by atoms with Crippen LogP contribution in [-0.4, -0.2) is 37.6 Å². The summed E-state index contributed by atoms with van der Waals surface area (Å²) < 4.78 is 0. The van der Waals surface area contributed by atoms with E-state index in [2.05, 4.69) is 15.5 Å². The molecule has 1 aromatic heterocycles. The summed E-state index contributed by atoms with van der Waals surface area (Å²) in [5.41, 5.74) is -0.367. The molecule has 1 saturated carbocycles. The average Bonchev–Trinajstić information content (AvgIpc) is 2.87. The van der Waals surface area contributed by atoms with Crippen LogP contribution < -0.4 is 5.32 Å². The van der Waals surface area contributed by atoms with Crippen molar-refractivity contribution in [1.29, 1.82) is 0 Å². The summed E-state index contributed by atoms with van der Waals surface area (Å²) in [5.74, 6) is -1.51. The zero-order valence-electron chi connectivity index (χ0n) is 12.0. The van der Waals surface area contributed by atoms with E-state index in [0.29, 0.717) is 23.7 Å². The molecule has 3 rings (SSSR count). The van der Waals surface area contributed by atoms with Gasteiger partial charge in [-0.2, -0.15) is 5.10 Å². The number of rotatable bonds is 5. The smallest absolute Gasteiger partial charge is 0.305 e. The van der Waals surface area contributed by atoms with Crippen LogP contribution in [-0.2, 0) is 4.79 Å². The van der Waals surface area contributed by atoms with Gasteiger partial charge < -0.3 is 10.4 Å². The van der Waals surface area contributed by atoms with E-state index in [1.165, 1.54) is 18.2 Å². The Morgan fingerprint density at radius 3 is 2.74 bits per heavy atom. The standard InChI is InChI=1S/C14H14N4O5/c19-11(20)7-14(4-1-5-14)15-13(21)12-9-6-8(18(22)23)2-3-10(9)16-17-12/h2-3,6H,1,4-5,7H2,(H,15,21)(H,16,17)(H,19,20). The summed E-state index contributed by atoms with van der Waals surface area (Å²) in [6.07, 6.45) is 1.88. The van der Waals surface area contributed by atoms with Gasteiger partial charge in [-0.3, -0.25) is 24.8 Å². The number of carboxylic acid groups (broad SMARTS) is 1. The van der Waals surface area contributed by atoms with Gasteiger partial charge in [-0.1, -0.05) is 0 Å². The molecule has 1 amide bonds. The third-order valence-electron chi connectivity index (χ3n) is 4.15. The Hall–Kier alpha value is -2.97. The zero-order valence-corrected chi connectivity index (χ0v) is 12.0. The number of amides is 1. The number of non-ortho nitro benzene ring substituents is 1. The van der Waals surface area contributed by atoms with Crippen LogP contribution in [0.2, 0.25) is 0 Å². The molecule has 0 unspecified atom stereocenters. The Morgan fingerprint density at radius 1 is 1.43 bits per heavy atom. The van der Waals surface area contributed by atoms with Crippen LogP contribution in [0.5, 0.6) is 0 Å². The summed E-state index contributed by atoms with van der Waals surface area (Å²) in [7, 11) is 0. The first-order chi connectivity index (χ1) is 10.9. The van der Waals surface area contributed by atoms with Crippen LogP contribution in [0.4, 0.5) is 5.69 Å². The van der Waals surface area contributed by atoms with E-state index in [0.717, 1.165) is 6.42 Å². The van der Waals surface area contributed by atoms with Crippen LogP contribution in [0.15, 0.2) is 18.2 Å². The maximum Gasteiger partial charge on any atom is 0.305 e. The summed E-state index contributed by atoms with van der Waals surface area (Å²) >= 11 is 0. The van der Waals surface area contributed by atoms with Gasteiger partial charge in [0.05, 0.1) is 22.4 Å². The Kier molecular flexibility index (Phi) is 3.47. The molecular formula is C14H14N4O5. The Balaban J connectivity index is 1.90. The van der Waals surface area contributed by atoms with Gasteiger partial charge in [-0.15, -0.1) is 0 Å². The van der Waals surface area contributed by atoms with E-state index >= 15 is 0 Å². The van der Waals surface area contributed by atoms with E-state index in [1.807, 2.05) is 0 Å². The van der Waals surface area contributed by atoms with Gasteiger partial charge >= 0.3 is 5.97 Å². The molecule has 1 heterocycles. The molecule has 0 saturated heterocycles. The van der Waals surface area contributed by atoms with Crippen LogP contribution in [0, 0.1) is 10.1 Å². The van der Waals surface area contributed by atoms with Crippen molar-refractivity contribution in [1.82, 2.24) is 15.5 Å². The normalized spacial score (nSPS) is 15.8. The van der Waals surface area contributed by atoms with Crippen molar-refractivity contribution >= 4 is 28.5 Å². The van der Waals surface area contributed by atoms with Gasteiger partial charge in [0, 0.05) is 17.5 Å². The molecule has 1 aliphatic carbocycles. The van der Waals surface area contributed by atoms with Crippen LogP contribution in [0.3, 0.4) is 0 Å². The summed E-state index contributed by atoms with van der Waals surface area (Å²) in [4.78, 5) is 33.7. The number of aliphatic carboxylic acids is 1. The number of benzene rings is 1. The van der Waals surface area contributed by atoms with E-state index in [-0.39, 0.29) is 17.8 Å². The number of nitrogens with zero attached hydrogens (tertiary/aromatic N) is 2. The molecule has 23 heavy (non-hydrogen) atoms.